The summed E-state index contributed by atoms with van der Waals surface area (Å²) < 4.78 is 11.3. The largest absolute Gasteiger partial charge is 0.461 e. The molecule has 1 amide bonds. The van der Waals surface area contributed by atoms with Gasteiger partial charge in [-0.25, -0.2) is 4.98 Å². The lowest BCUT2D eigenvalue weighted by molar-refractivity contribution is 0.0837. The second kappa shape index (κ2) is 9.21. The standard InChI is InChI=1S/C22H35N3O3/c1-6-7-19(27-5)20-18(12-24-22(25-20)28-13(2)3)21(26)23-11-16-9-15-8-14(4)17(16)10-15/h12-17,19H,6-11H2,1-5H3,(H,23,26). The van der Waals surface area contributed by atoms with Gasteiger partial charge >= 0.3 is 6.01 Å². The normalized spacial score (nSPS) is 27.2. The summed E-state index contributed by atoms with van der Waals surface area (Å²) in [5, 5.41) is 3.15. The number of carbonyl (C=O) groups excluding carboxylic acids is 1. The van der Waals surface area contributed by atoms with Crippen LogP contribution >= 0.6 is 0 Å². The average molecular weight is 390 g/mol. The highest BCUT2D eigenvalue weighted by Gasteiger charge is 2.43. The van der Waals surface area contributed by atoms with Crippen molar-refractivity contribution in [3.63, 3.8) is 0 Å². The molecule has 1 N–H and O–H groups in total. The fourth-order valence-corrected chi connectivity index (χ4v) is 5.11. The number of methoxy groups -OCH3 is 1. The Bertz CT molecular complexity index is 679. The van der Waals surface area contributed by atoms with Gasteiger partial charge in [0.25, 0.3) is 5.91 Å². The number of amides is 1. The first-order chi connectivity index (χ1) is 13.4. The van der Waals surface area contributed by atoms with Crippen LogP contribution in [0.5, 0.6) is 6.01 Å². The third-order valence-corrected chi connectivity index (χ3v) is 6.33. The fourth-order valence-electron chi connectivity index (χ4n) is 5.11. The molecule has 1 aromatic rings. The van der Waals surface area contributed by atoms with Crippen molar-refractivity contribution in [3.05, 3.63) is 17.5 Å². The molecule has 5 unspecified atom stereocenters. The van der Waals surface area contributed by atoms with Crippen LogP contribution in [0.2, 0.25) is 0 Å². The lowest BCUT2D eigenvalue weighted by Crippen LogP contribution is -2.34. The molecule has 0 aromatic carbocycles. The first-order valence-corrected chi connectivity index (χ1v) is 10.8. The molecule has 2 fully saturated rings. The molecule has 3 rings (SSSR count). The van der Waals surface area contributed by atoms with E-state index in [9.17, 15) is 4.79 Å². The summed E-state index contributed by atoms with van der Waals surface area (Å²) in [6.45, 7) is 9.04. The Morgan fingerprint density at radius 3 is 2.71 bits per heavy atom. The molecule has 156 valence electrons. The summed E-state index contributed by atoms with van der Waals surface area (Å²) in [6.07, 6.45) is 6.98. The molecule has 6 nitrogen and oxygen atoms in total. The van der Waals surface area contributed by atoms with Gasteiger partial charge < -0.3 is 14.8 Å². The van der Waals surface area contributed by atoms with Gasteiger partial charge in [-0.1, -0.05) is 20.3 Å². The van der Waals surface area contributed by atoms with E-state index in [4.69, 9.17) is 9.47 Å². The fraction of sp³-hybridized carbons (Fsp3) is 0.773. The number of carbonyl (C=O) groups is 1. The molecular weight excluding hydrogens is 354 g/mol. The zero-order valence-electron chi connectivity index (χ0n) is 17.9. The summed E-state index contributed by atoms with van der Waals surface area (Å²) in [5.74, 6) is 2.89. The van der Waals surface area contributed by atoms with Gasteiger partial charge in [-0.2, -0.15) is 4.98 Å². The van der Waals surface area contributed by atoms with Gasteiger partial charge in [-0.15, -0.1) is 0 Å². The maximum atomic E-state index is 13.0. The predicted molar refractivity (Wildman–Crippen MR) is 108 cm³/mol. The molecule has 0 spiro atoms. The van der Waals surface area contributed by atoms with E-state index in [1.54, 1.807) is 13.3 Å². The molecular formula is C22H35N3O3. The minimum Gasteiger partial charge on any atom is -0.461 e. The van der Waals surface area contributed by atoms with Crippen LogP contribution < -0.4 is 10.1 Å². The van der Waals surface area contributed by atoms with Crippen molar-refractivity contribution in [1.29, 1.82) is 0 Å². The highest BCUT2D eigenvalue weighted by Crippen LogP contribution is 2.51. The van der Waals surface area contributed by atoms with Crippen LogP contribution in [0.3, 0.4) is 0 Å². The van der Waals surface area contributed by atoms with E-state index in [2.05, 4.69) is 29.1 Å². The average Bonchev–Trinajstić information content (AvgIpc) is 3.22. The number of hydrogen-bond donors (Lipinski definition) is 1. The van der Waals surface area contributed by atoms with Crippen LogP contribution in [-0.2, 0) is 4.74 Å². The maximum Gasteiger partial charge on any atom is 0.316 e. The number of rotatable bonds is 9. The molecule has 0 radical (unpaired) electrons. The molecule has 1 heterocycles. The molecule has 28 heavy (non-hydrogen) atoms. The van der Waals surface area contributed by atoms with Gasteiger partial charge in [0.1, 0.15) is 6.10 Å². The van der Waals surface area contributed by atoms with E-state index in [-0.39, 0.29) is 18.1 Å². The minimum absolute atomic E-state index is 0.0283. The first-order valence-electron chi connectivity index (χ1n) is 10.8. The Balaban J connectivity index is 1.74. The summed E-state index contributed by atoms with van der Waals surface area (Å²) in [5.41, 5.74) is 1.11. The van der Waals surface area contributed by atoms with E-state index in [1.165, 1.54) is 19.3 Å². The van der Waals surface area contributed by atoms with Crippen LogP contribution in [0, 0.1) is 23.7 Å². The zero-order chi connectivity index (χ0) is 20.3. The smallest absolute Gasteiger partial charge is 0.316 e. The van der Waals surface area contributed by atoms with Gasteiger partial charge in [-0.3, -0.25) is 4.79 Å². The third-order valence-electron chi connectivity index (χ3n) is 6.33. The van der Waals surface area contributed by atoms with E-state index >= 15 is 0 Å². The van der Waals surface area contributed by atoms with Gasteiger partial charge in [0.15, 0.2) is 0 Å². The molecule has 2 aliphatic carbocycles. The Hall–Kier alpha value is -1.69. The van der Waals surface area contributed by atoms with Gasteiger partial charge in [0, 0.05) is 19.9 Å². The van der Waals surface area contributed by atoms with Crippen molar-refractivity contribution in [3.8, 4) is 6.01 Å². The van der Waals surface area contributed by atoms with Crippen molar-refractivity contribution < 1.29 is 14.3 Å². The van der Waals surface area contributed by atoms with Crippen molar-refractivity contribution in [1.82, 2.24) is 15.3 Å². The Morgan fingerprint density at radius 2 is 2.11 bits per heavy atom. The quantitative estimate of drug-likeness (QED) is 0.686. The lowest BCUT2D eigenvalue weighted by Gasteiger charge is -2.27. The number of aromatic nitrogens is 2. The van der Waals surface area contributed by atoms with Gasteiger partial charge in [0.05, 0.1) is 17.4 Å². The number of hydrogen-bond acceptors (Lipinski definition) is 5. The minimum atomic E-state index is -0.245. The van der Waals surface area contributed by atoms with E-state index in [1.807, 2.05) is 13.8 Å². The van der Waals surface area contributed by atoms with Crippen LogP contribution in [0.15, 0.2) is 6.20 Å². The monoisotopic (exact) mass is 389 g/mol. The Morgan fingerprint density at radius 1 is 1.32 bits per heavy atom. The van der Waals surface area contributed by atoms with Gasteiger partial charge in [0.2, 0.25) is 0 Å². The predicted octanol–water partition coefficient (Wildman–Crippen LogP) is 4.16. The topological polar surface area (TPSA) is 73.3 Å². The number of fused-ring (bicyclic) bond motifs is 2. The molecule has 1 aromatic heterocycles. The van der Waals surface area contributed by atoms with Crippen LogP contribution in [-0.4, -0.2) is 35.6 Å². The van der Waals surface area contributed by atoms with Crippen molar-refractivity contribution in [2.45, 2.75) is 72.0 Å². The molecule has 6 heteroatoms. The van der Waals surface area contributed by atoms with Crippen LogP contribution in [0.25, 0.3) is 0 Å². The van der Waals surface area contributed by atoms with Crippen molar-refractivity contribution >= 4 is 5.91 Å². The third kappa shape index (κ3) is 4.65. The van der Waals surface area contributed by atoms with Crippen LogP contribution in [0.1, 0.15) is 82.0 Å². The molecule has 2 aliphatic rings. The van der Waals surface area contributed by atoms with Crippen molar-refractivity contribution in [2.24, 2.45) is 23.7 Å². The molecule has 2 bridgehead atoms. The SMILES string of the molecule is CCCC(OC)c1nc(OC(C)C)ncc1C(=O)NCC1CC2CC(C)C1C2. The molecule has 0 aliphatic heterocycles. The Labute approximate surface area is 168 Å². The number of nitrogens with one attached hydrogen (secondary N) is 1. The van der Waals surface area contributed by atoms with E-state index < -0.39 is 0 Å². The number of nitrogens with zero attached hydrogens (tertiary/aromatic N) is 2. The van der Waals surface area contributed by atoms with Gasteiger partial charge in [-0.05, 0) is 63.2 Å². The van der Waals surface area contributed by atoms with E-state index in [0.717, 1.165) is 37.1 Å². The Kier molecular flexibility index (Phi) is 6.91. The molecule has 2 saturated carbocycles. The second-order valence-electron chi connectivity index (χ2n) is 8.82. The summed E-state index contributed by atoms with van der Waals surface area (Å²) >= 11 is 0. The molecule has 0 saturated heterocycles. The molecule has 5 atom stereocenters. The summed E-state index contributed by atoms with van der Waals surface area (Å²) in [7, 11) is 1.66. The number of ether oxygens (including phenoxy) is 2. The first kappa shape index (κ1) is 21.0. The maximum absolute atomic E-state index is 13.0. The highest BCUT2D eigenvalue weighted by atomic mass is 16.5. The second-order valence-corrected chi connectivity index (χ2v) is 8.82. The highest BCUT2D eigenvalue weighted by molar-refractivity contribution is 5.95. The zero-order valence-corrected chi connectivity index (χ0v) is 17.9. The lowest BCUT2D eigenvalue weighted by atomic mass is 9.81. The summed E-state index contributed by atoms with van der Waals surface area (Å²) in [4.78, 5) is 21.8. The van der Waals surface area contributed by atoms with Crippen LogP contribution in [0.4, 0.5) is 0 Å². The summed E-state index contributed by atoms with van der Waals surface area (Å²) in [6, 6.07) is 0.293. The van der Waals surface area contributed by atoms with E-state index in [0.29, 0.717) is 23.2 Å². The van der Waals surface area contributed by atoms with Crippen molar-refractivity contribution in [2.75, 3.05) is 13.7 Å².